The van der Waals surface area contributed by atoms with Crippen LogP contribution in [0, 0.1) is 0 Å². The standard InChI is InChI=1S/C8H4Cl2O4.C7H6F3N/c9-5-1-3(7(11)12)4(8(13)14)2-6(5)10;8-7(9,10)5-2-1-3-6(11)4-5/h1-2H,(H,11,12)(H,13,14);1-4H,11H2. The molecule has 0 bridgehead atoms. The molecule has 0 fully saturated rings. The minimum absolute atomic E-state index is 0.0194. The molecule has 2 aromatic rings. The quantitative estimate of drug-likeness (QED) is 0.814. The van der Waals surface area contributed by atoms with Crippen molar-refractivity contribution in [1.29, 1.82) is 0 Å². The molecule has 0 amide bonds. The van der Waals surface area contributed by atoms with Crippen molar-refractivity contribution >= 4 is 40.8 Å². The first-order valence-electron chi connectivity index (χ1n) is 6.36. The van der Waals surface area contributed by atoms with Crippen LogP contribution >= 0.6 is 23.2 Å². The summed E-state index contributed by atoms with van der Waals surface area (Å²) >= 11 is 11.0. The Balaban J connectivity index is 0.000000257. The Morgan fingerprint density at radius 2 is 1.56 bits per heavy atom. The van der Waals surface area contributed by atoms with E-state index in [-0.39, 0.29) is 10.0 Å². The van der Waals surface area contributed by atoms with Gasteiger partial charge in [-0.15, -0.1) is 0 Å². The number of rotatable bonds is 2. The van der Waals surface area contributed by atoms with Gasteiger partial charge in [-0.2, -0.15) is 13.2 Å². The van der Waals surface area contributed by atoms with Crippen LogP contribution < -0.4 is 10.8 Å². The summed E-state index contributed by atoms with van der Waals surface area (Å²) in [5, 5.41) is 19.1. The van der Waals surface area contributed by atoms with E-state index in [4.69, 9.17) is 28.3 Å². The Morgan fingerprint density at radius 3 is 1.92 bits per heavy atom. The van der Waals surface area contributed by atoms with Crippen LogP contribution in [0.3, 0.4) is 0 Å². The number of alkyl halides is 3. The Hall–Kier alpha value is -2.29. The molecule has 2 rings (SSSR count). The van der Waals surface area contributed by atoms with Crippen molar-refractivity contribution in [2.24, 2.45) is 0 Å². The molecule has 0 heterocycles. The fraction of sp³-hybridized carbons (Fsp3) is 0.0667. The van der Waals surface area contributed by atoms with E-state index >= 15 is 0 Å². The molecule has 0 aliphatic carbocycles. The molecule has 25 heavy (non-hydrogen) atoms. The Morgan fingerprint density at radius 1 is 1.04 bits per heavy atom. The minimum atomic E-state index is -4.26. The number of carbonyl (C=O) groups excluding carboxylic acids is 1. The topological polar surface area (TPSA) is 105 Å². The van der Waals surface area contributed by atoms with Crippen molar-refractivity contribution in [3.05, 3.63) is 63.1 Å². The van der Waals surface area contributed by atoms with Crippen molar-refractivity contribution in [2.75, 3.05) is 0 Å². The van der Waals surface area contributed by atoms with Gasteiger partial charge >= 0.3 is 12.1 Å². The van der Waals surface area contributed by atoms with E-state index in [9.17, 15) is 27.9 Å². The normalized spacial score (nSPS) is 10.6. The molecule has 0 atom stereocenters. The molecule has 0 radical (unpaired) electrons. The van der Waals surface area contributed by atoms with Crippen LogP contribution in [0.4, 0.5) is 18.9 Å². The first-order valence-corrected chi connectivity index (χ1v) is 7.12. The van der Waals surface area contributed by atoms with Crippen LogP contribution in [0.5, 0.6) is 0 Å². The molecule has 5 nitrogen and oxygen atoms in total. The number of hydrogen-bond acceptors (Lipinski definition) is 3. The first kappa shape index (κ1) is 20.8. The summed E-state index contributed by atoms with van der Waals surface area (Å²) in [4.78, 5) is 21.1. The van der Waals surface area contributed by atoms with E-state index in [1.54, 1.807) is 0 Å². The molecule has 0 unspecified atom stereocenters. The summed E-state index contributed by atoms with van der Waals surface area (Å²) < 4.78 is 35.8. The SMILES string of the molecule is O=C([O-])c1cc(Cl)c(Cl)cc1C(=O)O.[NH3+]c1cccc(C(F)(F)F)c1. The zero-order valence-electron chi connectivity index (χ0n) is 12.2. The van der Waals surface area contributed by atoms with Gasteiger partial charge in [0.05, 0.1) is 27.1 Å². The molecule has 0 aromatic heterocycles. The summed E-state index contributed by atoms with van der Waals surface area (Å²) in [6.07, 6.45) is -4.26. The number of halogens is 5. The number of quaternary nitrogens is 1. The highest BCUT2D eigenvalue weighted by molar-refractivity contribution is 6.42. The van der Waals surface area contributed by atoms with Gasteiger partial charge in [-0.05, 0) is 24.3 Å². The van der Waals surface area contributed by atoms with Gasteiger partial charge in [-0.1, -0.05) is 29.3 Å². The number of benzene rings is 2. The maximum Gasteiger partial charge on any atom is 0.416 e. The van der Waals surface area contributed by atoms with Gasteiger partial charge in [0.25, 0.3) is 0 Å². The van der Waals surface area contributed by atoms with Gasteiger partial charge in [0.2, 0.25) is 0 Å². The maximum absolute atomic E-state index is 11.9. The number of carboxylic acids is 2. The largest absolute Gasteiger partial charge is 0.545 e. The third-order valence-corrected chi connectivity index (χ3v) is 3.49. The molecule has 2 aromatic carbocycles. The van der Waals surface area contributed by atoms with E-state index in [0.29, 0.717) is 5.69 Å². The number of carbonyl (C=O) groups is 2. The number of aromatic carboxylic acids is 2. The number of carboxylic acid groups (broad SMARTS) is 2. The van der Waals surface area contributed by atoms with E-state index in [1.807, 2.05) is 0 Å². The van der Waals surface area contributed by atoms with Gasteiger partial charge in [0, 0.05) is 11.6 Å². The lowest BCUT2D eigenvalue weighted by molar-refractivity contribution is -0.256. The highest BCUT2D eigenvalue weighted by Gasteiger charge is 2.30. The van der Waals surface area contributed by atoms with Crippen LogP contribution in [0.1, 0.15) is 26.3 Å². The van der Waals surface area contributed by atoms with Crippen molar-refractivity contribution < 1.29 is 38.7 Å². The Kier molecular flexibility index (Phi) is 6.80. The lowest BCUT2D eigenvalue weighted by Crippen LogP contribution is -2.40. The van der Waals surface area contributed by atoms with Gasteiger partial charge in [-0.25, -0.2) is 4.79 Å². The average Bonchev–Trinajstić information content (AvgIpc) is 2.49. The highest BCUT2D eigenvalue weighted by Crippen LogP contribution is 2.29. The molecular weight excluding hydrogens is 386 g/mol. The van der Waals surface area contributed by atoms with Crippen LogP contribution in [-0.2, 0) is 6.18 Å². The van der Waals surface area contributed by atoms with Crippen LogP contribution in [0.2, 0.25) is 10.0 Å². The van der Waals surface area contributed by atoms with Crippen molar-refractivity contribution in [2.45, 2.75) is 6.18 Å². The van der Waals surface area contributed by atoms with Gasteiger partial charge in [0.15, 0.2) is 0 Å². The summed E-state index contributed by atoms with van der Waals surface area (Å²) in [5.74, 6) is -3.01. The average molecular weight is 396 g/mol. The number of hydrogen-bond donors (Lipinski definition) is 2. The molecule has 0 aliphatic heterocycles. The zero-order chi connectivity index (χ0) is 19.4. The lowest BCUT2D eigenvalue weighted by atomic mass is 10.1. The Labute approximate surface area is 149 Å². The fourth-order valence-corrected chi connectivity index (χ4v) is 1.97. The molecule has 0 saturated carbocycles. The second-order valence-corrected chi connectivity index (χ2v) is 5.42. The monoisotopic (exact) mass is 395 g/mol. The van der Waals surface area contributed by atoms with Gasteiger partial charge < -0.3 is 20.7 Å². The molecule has 0 saturated heterocycles. The zero-order valence-corrected chi connectivity index (χ0v) is 13.7. The highest BCUT2D eigenvalue weighted by atomic mass is 35.5. The van der Waals surface area contributed by atoms with Crippen LogP contribution in [0.25, 0.3) is 0 Å². The third-order valence-electron chi connectivity index (χ3n) is 2.77. The molecule has 10 heteroatoms. The van der Waals surface area contributed by atoms with Crippen LogP contribution in [-0.4, -0.2) is 17.0 Å². The Bertz CT molecular complexity index is 771. The molecule has 0 aliphatic rings. The lowest BCUT2D eigenvalue weighted by Gasteiger charge is -2.08. The molecule has 0 spiro atoms. The predicted molar refractivity (Wildman–Crippen MR) is 81.7 cm³/mol. The van der Waals surface area contributed by atoms with Gasteiger partial charge in [-0.3, -0.25) is 0 Å². The molecular formula is C15H10Cl2F3NO4. The van der Waals surface area contributed by atoms with Crippen molar-refractivity contribution in [1.82, 2.24) is 0 Å². The van der Waals surface area contributed by atoms with Gasteiger partial charge in [0.1, 0.15) is 5.69 Å². The fourth-order valence-electron chi connectivity index (χ4n) is 1.64. The minimum Gasteiger partial charge on any atom is -0.545 e. The third kappa shape index (κ3) is 5.93. The maximum atomic E-state index is 11.9. The van der Waals surface area contributed by atoms with Crippen LogP contribution in [0.15, 0.2) is 36.4 Å². The molecule has 134 valence electrons. The predicted octanol–water partition coefficient (Wildman–Crippen LogP) is 2.63. The summed E-state index contributed by atoms with van der Waals surface area (Å²) in [6, 6.07) is 6.81. The second kappa shape index (κ2) is 8.19. The van der Waals surface area contributed by atoms with E-state index in [2.05, 4.69) is 5.73 Å². The second-order valence-electron chi connectivity index (χ2n) is 4.60. The summed E-state index contributed by atoms with van der Waals surface area (Å²) in [7, 11) is 0. The van der Waals surface area contributed by atoms with Crippen molar-refractivity contribution in [3.63, 3.8) is 0 Å². The van der Waals surface area contributed by atoms with E-state index in [0.717, 1.165) is 24.3 Å². The van der Waals surface area contributed by atoms with E-state index in [1.165, 1.54) is 12.1 Å². The first-order chi connectivity index (χ1) is 11.4. The molecule has 4 N–H and O–H groups in total. The summed E-state index contributed by atoms with van der Waals surface area (Å²) in [5.41, 5.74) is 2.18. The van der Waals surface area contributed by atoms with E-state index < -0.39 is 34.8 Å². The smallest absolute Gasteiger partial charge is 0.416 e. The van der Waals surface area contributed by atoms with Crippen molar-refractivity contribution in [3.8, 4) is 0 Å². The summed E-state index contributed by atoms with van der Waals surface area (Å²) in [6.45, 7) is 0.